The van der Waals surface area contributed by atoms with Gasteiger partial charge in [0.25, 0.3) is 0 Å². The first-order chi connectivity index (χ1) is 10.1. The summed E-state index contributed by atoms with van der Waals surface area (Å²) in [5.41, 5.74) is 4.81. The summed E-state index contributed by atoms with van der Waals surface area (Å²) < 4.78 is 7.39. The van der Waals surface area contributed by atoms with Gasteiger partial charge in [-0.15, -0.1) is 0 Å². The van der Waals surface area contributed by atoms with Crippen molar-refractivity contribution < 1.29 is 4.52 Å². The average molecular weight is 288 g/mol. The number of aromatic nitrogens is 3. The molecule has 0 N–H and O–H groups in total. The Morgan fingerprint density at radius 2 is 2.14 bits per heavy atom. The molecule has 0 saturated carbocycles. The summed E-state index contributed by atoms with van der Waals surface area (Å²) in [6.07, 6.45) is 5.46. The zero-order valence-electron chi connectivity index (χ0n) is 13.4. The van der Waals surface area contributed by atoms with Gasteiger partial charge in [-0.05, 0) is 33.2 Å². The summed E-state index contributed by atoms with van der Waals surface area (Å²) in [7, 11) is 1.98. The van der Waals surface area contributed by atoms with Gasteiger partial charge in [0.2, 0.25) is 0 Å². The van der Waals surface area contributed by atoms with Gasteiger partial charge in [0.05, 0.1) is 11.4 Å². The molecule has 0 radical (unpaired) electrons. The van der Waals surface area contributed by atoms with E-state index < -0.39 is 0 Å². The molecule has 0 amide bonds. The maximum atomic E-state index is 5.49. The molecule has 0 unspecified atom stereocenters. The lowest BCUT2D eigenvalue weighted by Gasteiger charge is -2.24. The van der Waals surface area contributed by atoms with Gasteiger partial charge in [-0.2, -0.15) is 5.10 Å². The van der Waals surface area contributed by atoms with Crippen molar-refractivity contribution in [2.24, 2.45) is 7.05 Å². The molecule has 2 aromatic rings. The number of aryl methyl sites for hydroxylation is 4. The van der Waals surface area contributed by atoms with E-state index in [1.54, 1.807) is 0 Å². The second-order valence-corrected chi connectivity index (χ2v) is 6.00. The molecule has 0 aromatic carbocycles. The predicted molar refractivity (Wildman–Crippen MR) is 80.9 cm³/mol. The Hall–Kier alpha value is -1.62. The molecule has 0 aliphatic carbocycles. The number of hydrogen-bond donors (Lipinski definition) is 0. The van der Waals surface area contributed by atoms with Gasteiger partial charge < -0.3 is 4.52 Å². The molecule has 0 bridgehead atoms. The first-order valence-corrected chi connectivity index (χ1v) is 7.78. The van der Waals surface area contributed by atoms with Crippen LogP contribution in [-0.2, 0) is 20.0 Å². The third-order valence-electron chi connectivity index (χ3n) is 4.49. The SMILES string of the molecule is CCc1onc(C)c1[C@@H]1CCCN1Cc1cn(C)nc1C. The molecular formula is C16H24N4O. The zero-order valence-corrected chi connectivity index (χ0v) is 13.4. The van der Waals surface area contributed by atoms with Crippen LogP contribution in [0.3, 0.4) is 0 Å². The fraction of sp³-hybridized carbons (Fsp3) is 0.625. The fourth-order valence-corrected chi connectivity index (χ4v) is 3.47. The summed E-state index contributed by atoms with van der Waals surface area (Å²) in [5.74, 6) is 1.05. The molecule has 1 saturated heterocycles. The van der Waals surface area contributed by atoms with Crippen LogP contribution in [0.25, 0.3) is 0 Å². The zero-order chi connectivity index (χ0) is 15.0. The van der Waals surface area contributed by atoms with Crippen molar-refractivity contribution in [2.75, 3.05) is 6.54 Å². The minimum atomic E-state index is 0.436. The van der Waals surface area contributed by atoms with Crippen LogP contribution < -0.4 is 0 Å². The van der Waals surface area contributed by atoms with Gasteiger partial charge in [0.15, 0.2) is 0 Å². The molecule has 114 valence electrons. The van der Waals surface area contributed by atoms with Crippen molar-refractivity contribution in [1.82, 2.24) is 19.8 Å². The quantitative estimate of drug-likeness (QED) is 0.868. The molecule has 5 heteroatoms. The van der Waals surface area contributed by atoms with E-state index in [0.717, 1.165) is 36.7 Å². The fourth-order valence-electron chi connectivity index (χ4n) is 3.47. The van der Waals surface area contributed by atoms with Gasteiger partial charge in [-0.3, -0.25) is 9.58 Å². The molecule has 21 heavy (non-hydrogen) atoms. The van der Waals surface area contributed by atoms with Crippen molar-refractivity contribution in [3.8, 4) is 0 Å². The maximum absolute atomic E-state index is 5.49. The third kappa shape index (κ3) is 2.62. The number of hydrogen-bond acceptors (Lipinski definition) is 4. The predicted octanol–water partition coefficient (Wildman–Crippen LogP) is 2.92. The highest BCUT2D eigenvalue weighted by Crippen LogP contribution is 2.37. The van der Waals surface area contributed by atoms with E-state index in [0.29, 0.717) is 6.04 Å². The van der Waals surface area contributed by atoms with E-state index in [1.807, 2.05) is 11.7 Å². The smallest absolute Gasteiger partial charge is 0.141 e. The molecule has 1 fully saturated rings. The van der Waals surface area contributed by atoms with Crippen LogP contribution in [-0.4, -0.2) is 26.4 Å². The van der Waals surface area contributed by atoms with Gasteiger partial charge in [-0.1, -0.05) is 12.1 Å². The van der Waals surface area contributed by atoms with E-state index in [-0.39, 0.29) is 0 Å². The van der Waals surface area contributed by atoms with Crippen LogP contribution in [0.4, 0.5) is 0 Å². The Bertz CT molecular complexity index is 628. The molecule has 5 nitrogen and oxygen atoms in total. The van der Waals surface area contributed by atoms with Gasteiger partial charge in [0, 0.05) is 43.4 Å². The van der Waals surface area contributed by atoms with E-state index in [1.165, 1.54) is 24.0 Å². The largest absolute Gasteiger partial charge is 0.361 e. The summed E-state index contributed by atoms with van der Waals surface area (Å²) in [4.78, 5) is 2.54. The minimum Gasteiger partial charge on any atom is -0.361 e. The van der Waals surface area contributed by atoms with Crippen LogP contribution in [0.5, 0.6) is 0 Å². The van der Waals surface area contributed by atoms with Crippen molar-refractivity contribution in [3.63, 3.8) is 0 Å². The van der Waals surface area contributed by atoms with Crippen LogP contribution >= 0.6 is 0 Å². The summed E-state index contributed by atoms with van der Waals surface area (Å²) in [6, 6.07) is 0.436. The highest BCUT2D eigenvalue weighted by Gasteiger charge is 2.31. The number of nitrogens with zero attached hydrogens (tertiary/aromatic N) is 4. The van der Waals surface area contributed by atoms with E-state index >= 15 is 0 Å². The topological polar surface area (TPSA) is 47.1 Å². The molecule has 1 atom stereocenters. The van der Waals surface area contributed by atoms with Crippen LogP contribution in [0, 0.1) is 13.8 Å². The third-order valence-corrected chi connectivity index (χ3v) is 4.49. The minimum absolute atomic E-state index is 0.436. The molecule has 0 spiro atoms. The van der Waals surface area contributed by atoms with Gasteiger partial charge >= 0.3 is 0 Å². The van der Waals surface area contributed by atoms with Crippen molar-refractivity contribution in [2.45, 2.75) is 52.6 Å². The molecular weight excluding hydrogens is 264 g/mol. The lowest BCUT2D eigenvalue weighted by atomic mass is 10.0. The standard InChI is InChI=1S/C16H24N4O/c1-5-15-16(12(3)18-21-15)14-7-6-8-20(14)10-13-9-19(4)17-11(13)2/h9,14H,5-8,10H2,1-4H3/t14-/m0/s1. The highest BCUT2D eigenvalue weighted by atomic mass is 16.5. The van der Waals surface area contributed by atoms with Crippen molar-refractivity contribution in [3.05, 3.63) is 34.5 Å². The van der Waals surface area contributed by atoms with Gasteiger partial charge in [-0.25, -0.2) is 0 Å². The molecule has 1 aliphatic heterocycles. The second-order valence-electron chi connectivity index (χ2n) is 6.00. The monoisotopic (exact) mass is 288 g/mol. The first-order valence-electron chi connectivity index (χ1n) is 7.78. The number of likely N-dealkylation sites (tertiary alicyclic amines) is 1. The molecule has 3 heterocycles. The summed E-state index contributed by atoms with van der Waals surface area (Å²) in [6.45, 7) is 8.37. The Morgan fingerprint density at radius 1 is 1.33 bits per heavy atom. The van der Waals surface area contributed by atoms with Crippen molar-refractivity contribution >= 4 is 0 Å². The lowest BCUT2D eigenvalue weighted by molar-refractivity contribution is 0.244. The maximum Gasteiger partial charge on any atom is 0.141 e. The van der Waals surface area contributed by atoms with E-state index in [4.69, 9.17) is 4.52 Å². The van der Waals surface area contributed by atoms with E-state index in [9.17, 15) is 0 Å². The molecule has 2 aromatic heterocycles. The Morgan fingerprint density at radius 3 is 2.81 bits per heavy atom. The van der Waals surface area contributed by atoms with Crippen LogP contribution in [0.1, 0.15) is 54.1 Å². The Labute approximate surface area is 125 Å². The highest BCUT2D eigenvalue weighted by molar-refractivity contribution is 5.27. The second kappa shape index (κ2) is 5.64. The lowest BCUT2D eigenvalue weighted by Crippen LogP contribution is -2.23. The average Bonchev–Trinajstić information content (AvgIpc) is 3.11. The summed E-state index contributed by atoms with van der Waals surface area (Å²) in [5, 5.41) is 8.63. The first kappa shape index (κ1) is 14.3. The number of rotatable bonds is 4. The van der Waals surface area contributed by atoms with Gasteiger partial charge in [0.1, 0.15) is 5.76 Å². The molecule has 1 aliphatic rings. The summed E-state index contributed by atoms with van der Waals surface area (Å²) >= 11 is 0. The van der Waals surface area contributed by atoms with Crippen LogP contribution in [0.15, 0.2) is 10.7 Å². The van der Waals surface area contributed by atoms with Crippen molar-refractivity contribution in [1.29, 1.82) is 0 Å². The van der Waals surface area contributed by atoms with E-state index in [2.05, 4.69) is 42.1 Å². The Kier molecular flexibility index (Phi) is 3.85. The molecule has 3 rings (SSSR count). The Balaban J connectivity index is 1.85. The normalized spacial score (nSPS) is 19.5. The van der Waals surface area contributed by atoms with Crippen LogP contribution in [0.2, 0.25) is 0 Å².